The van der Waals surface area contributed by atoms with Gasteiger partial charge < -0.3 is 4.74 Å². The van der Waals surface area contributed by atoms with Crippen LogP contribution in [0, 0.1) is 7.11 Å². The first kappa shape index (κ1) is 8.27. The Morgan fingerprint density at radius 2 is 1.77 bits per heavy atom. The Morgan fingerprint density at radius 3 is 2.62 bits per heavy atom. The molecule has 0 fully saturated rings. The molecule has 0 saturated carbocycles. The summed E-state index contributed by atoms with van der Waals surface area (Å²) in [7, 11) is 3.39. The maximum atomic E-state index is 4.89. The number of hydrogen-bond donors (Lipinski definition) is 0. The summed E-state index contributed by atoms with van der Waals surface area (Å²) in [5, 5.41) is 2.49. The predicted octanol–water partition coefficient (Wildman–Crippen LogP) is 3.15. The monoisotopic (exact) mass is 171 g/mol. The standard InChI is InChI=1S/C12H11O/c1-13-9-11-7-4-6-10-5-2-3-8-12(10)11/h2-8H,1,9H2. The van der Waals surface area contributed by atoms with Crippen LogP contribution in [0.3, 0.4) is 0 Å². The average molecular weight is 171 g/mol. The molecule has 0 aliphatic carbocycles. The second-order valence-electron chi connectivity index (χ2n) is 2.99. The molecule has 0 heterocycles. The van der Waals surface area contributed by atoms with Gasteiger partial charge >= 0.3 is 0 Å². The van der Waals surface area contributed by atoms with Crippen LogP contribution in [-0.2, 0) is 11.3 Å². The molecule has 0 spiro atoms. The van der Waals surface area contributed by atoms with Crippen molar-refractivity contribution in [2.75, 3.05) is 0 Å². The number of hydrogen-bond acceptors (Lipinski definition) is 1. The summed E-state index contributed by atoms with van der Waals surface area (Å²) in [5.74, 6) is 0. The molecule has 1 heteroatoms. The topological polar surface area (TPSA) is 9.23 Å². The first-order chi connectivity index (χ1) is 6.42. The third kappa shape index (κ3) is 1.56. The van der Waals surface area contributed by atoms with Crippen molar-refractivity contribution in [3.8, 4) is 0 Å². The smallest absolute Gasteiger partial charge is 0.0724 e. The van der Waals surface area contributed by atoms with Gasteiger partial charge in [0.2, 0.25) is 0 Å². The Labute approximate surface area is 78.0 Å². The van der Waals surface area contributed by atoms with Crippen molar-refractivity contribution in [1.29, 1.82) is 0 Å². The van der Waals surface area contributed by atoms with E-state index in [2.05, 4.69) is 31.4 Å². The molecule has 0 unspecified atom stereocenters. The zero-order valence-electron chi connectivity index (χ0n) is 7.36. The molecule has 2 aromatic rings. The van der Waals surface area contributed by atoms with Crippen molar-refractivity contribution >= 4 is 10.8 Å². The van der Waals surface area contributed by atoms with Crippen LogP contribution in [-0.4, -0.2) is 0 Å². The van der Waals surface area contributed by atoms with E-state index in [4.69, 9.17) is 4.74 Å². The van der Waals surface area contributed by atoms with Crippen molar-refractivity contribution < 1.29 is 4.74 Å². The highest BCUT2D eigenvalue weighted by molar-refractivity contribution is 5.85. The van der Waals surface area contributed by atoms with Gasteiger partial charge in [0.05, 0.1) is 13.7 Å². The van der Waals surface area contributed by atoms with Crippen LogP contribution in [0.4, 0.5) is 0 Å². The highest BCUT2D eigenvalue weighted by atomic mass is 16.5. The highest BCUT2D eigenvalue weighted by Crippen LogP contribution is 2.18. The summed E-state index contributed by atoms with van der Waals surface area (Å²) in [6, 6.07) is 14.5. The lowest BCUT2D eigenvalue weighted by molar-refractivity contribution is 0.230. The molecule has 2 rings (SSSR count). The minimum atomic E-state index is 0.571. The molecule has 0 aliphatic heterocycles. The second-order valence-corrected chi connectivity index (χ2v) is 2.99. The Hall–Kier alpha value is -1.34. The molecular weight excluding hydrogens is 160 g/mol. The minimum Gasteiger partial charge on any atom is -0.374 e. The second kappa shape index (κ2) is 3.58. The van der Waals surface area contributed by atoms with Crippen LogP contribution in [0.25, 0.3) is 10.8 Å². The third-order valence-electron chi connectivity index (χ3n) is 2.14. The van der Waals surface area contributed by atoms with Gasteiger partial charge in [-0.25, -0.2) is 0 Å². The number of benzene rings is 2. The van der Waals surface area contributed by atoms with E-state index in [1.807, 2.05) is 18.2 Å². The fourth-order valence-electron chi connectivity index (χ4n) is 1.53. The lowest BCUT2D eigenvalue weighted by Crippen LogP contribution is -1.87. The maximum Gasteiger partial charge on any atom is 0.0724 e. The Bertz CT molecular complexity index is 401. The molecule has 0 aliphatic rings. The van der Waals surface area contributed by atoms with Gasteiger partial charge in [0.25, 0.3) is 0 Å². The zero-order chi connectivity index (χ0) is 9.10. The lowest BCUT2D eigenvalue weighted by atomic mass is 10.1. The van der Waals surface area contributed by atoms with Crippen LogP contribution < -0.4 is 0 Å². The maximum absolute atomic E-state index is 4.89. The van der Waals surface area contributed by atoms with E-state index in [1.54, 1.807) is 0 Å². The van der Waals surface area contributed by atoms with Gasteiger partial charge in [-0.05, 0) is 16.3 Å². The van der Waals surface area contributed by atoms with Crippen LogP contribution in [0.5, 0.6) is 0 Å². The van der Waals surface area contributed by atoms with Gasteiger partial charge in [0, 0.05) is 0 Å². The first-order valence-electron chi connectivity index (χ1n) is 4.25. The highest BCUT2D eigenvalue weighted by Gasteiger charge is 1.97. The molecule has 2 aromatic carbocycles. The van der Waals surface area contributed by atoms with Crippen molar-refractivity contribution in [2.45, 2.75) is 6.61 Å². The Morgan fingerprint density at radius 1 is 1.00 bits per heavy atom. The molecule has 1 nitrogen and oxygen atoms in total. The van der Waals surface area contributed by atoms with E-state index in [-0.39, 0.29) is 0 Å². The van der Waals surface area contributed by atoms with E-state index < -0.39 is 0 Å². The van der Waals surface area contributed by atoms with Gasteiger partial charge in [-0.2, -0.15) is 0 Å². The fraction of sp³-hybridized carbons (Fsp3) is 0.0833. The van der Waals surface area contributed by atoms with E-state index in [0.29, 0.717) is 6.61 Å². The van der Waals surface area contributed by atoms with Gasteiger partial charge in [-0.15, -0.1) is 0 Å². The van der Waals surface area contributed by atoms with Crippen molar-refractivity contribution in [1.82, 2.24) is 0 Å². The van der Waals surface area contributed by atoms with Crippen molar-refractivity contribution in [2.24, 2.45) is 0 Å². The number of ether oxygens (including phenoxy) is 1. The molecule has 0 amide bonds. The molecule has 0 atom stereocenters. The fourth-order valence-corrected chi connectivity index (χ4v) is 1.53. The van der Waals surface area contributed by atoms with Gasteiger partial charge in [-0.1, -0.05) is 42.5 Å². The van der Waals surface area contributed by atoms with Crippen LogP contribution in [0.1, 0.15) is 5.56 Å². The minimum absolute atomic E-state index is 0.571. The van der Waals surface area contributed by atoms with Crippen LogP contribution in [0.15, 0.2) is 42.5 Å². The molecule has 13 heavy (non-hydrogen) atoms. The molecule has 0 saturated heterocycles. The van der Waals surface area contributed by atoms with E-state index in [1.165, 1.54) is 16.3 Å². The molecule has 65 valence electrons. The largest absolute Gasteiger partial charge is 0.374 e. The SMILES string of the molecule is [CH2]OCc1cccc2ccccc12. The van der Waals surface area contributed by atoms with Crippen molar-refractivity contribution in [3.63, 3.8) is 0 Å². The summed E-state index contributed by atoms with van der Waals surface area (Å²) in [6.45, 7) is 0.571. The number of fused-ring (bicyclic) bond motifs is 1. The Balaban J connectivity index is 2.61. The van der Waals surface area contributed by atoms with Gasteiger partial charge in [0.15, 0.2) is 0 Å². The number of rotatable bonds is 2. The summed E-state index contributed by atoms with van der Waals surface area (Å²) in [5.41, 5.74) is 1.19. The normalized spacial score (nSPS) is 10.5. The van der Waals surface area contributed by atoms with E-state index >= 15 is 0 Å². The van der Waals surface area contributed by atoms with Crippen LogP contribution >= 0.6 is 0 Å². The lowest BCUT2D eigenvalue weighted by Gasteiger charge is -2.04. The van der Waals surface area contributed by atoms with Gasteiger partial charge in [0.1, 0.15) is 0 Å². The van der Waals surface area contributed by atoms with E-state index in [0.717, 1.165) is 0 Å². The summed E-state index contributed by atoms with van der Waals surface area (Å²) in [4.78, 5) is 0. The molecule has 0 N–H and O–H groups in total. The van der Waals surface area contributed by atoms with Gasteiger partial charge in [-0.3, -0.25) is 0 Å². The molecule has 1 radical (unpaired) electrons. The Kier molecular flexibility index (Phi) is 2.28. The molecule has 0 bridgehead atoms. The third-order valence-corrected chi connectivity index (χ3v) is 2.14. The predicted molar refractivity (Wildman–Crippen MR) is 54.1 cm³/mol. The van der Waals surface area contributed by atoms with Crippen molar-refractivity contribution in [3.05, 3.63) is 55.1 Å². The summed E-state index contributed by atoms with van der Waals surface area (Å²) in [6.07, 6.45) is 0. The first-order valence-corrected chi connectivity index (χ1v) is 4.25. The quantitative estimate of drug-likeness (QED) is 0.674. The summed E-state index contributed by atoms with van der Waals surface area (Å²) >= 11 is 0. The zero-order valence-corrected chi connectivity index (χ0v) is 7.36. The van der Waals surface area contributed by atoms with Crippen LogP contribution in [0.2, 0.25) is 0 Å². The molecule has 0 aromatic heterocycles. The molecular formula is C12H11O. The van der Waals surface area contributed by atoms with E-state index in [9.17, 15) is 0 Å². The average Bonchev–Trinajstić information content (AvgIpc) is 2.19. The summed E-state index contributed by atoms with van der Waals surface area (Å²) < 4.78 is 4.89.